The van der Waals surface area contributed by atoms with Gasteiger partial charge in [0, 0.05) is 5.02 Å². The minimum atomic E-state index is -0.611. The van der Waals surface area contributed by atoms with Gasteiger partial charge in [-0.3, -0.25) is 0 Å². The number of amides is 2. The van der Waals surface area contributed by atoms with E-state index in [0.717, 1.165) is 5.56 Å². The summed E-state index contributed by atoms with van der Waals surface area (Å²) in [7, 11) is 0. The Morgan fingerprint density at radius 2 is 1.71 bits per heavy atom. The van der Waals surface area contributed by atoms with Crippen molar-refractivity contribution in [1.82, 2.24) is 5.32 Å². The van der Waals surface area contributed by atoms with E-state index in [4.69, 9.17) is 11.6 Å². The number of para-hydroxylation sites is 1. The predicted molar refractivity (Wildman–Crippen MR) is 83.0 cm³/mol. The Balaban J connectivity index is 2.08. The molecule has 0 aliphatic rings. The van der Waals surface area contributed by atoms with E-state index < -0.39 is 17.4 Å². The Bertz CT molecular complexity index is 641. The number of anilines is 1. The highest BCUT2D eigenvalue weighted by atomic mass is 35.5. The molecule has 0 unspecified atom stereocenters. The Morgan fingerprint density at radius 1 is 1.10 bits per heavy atom. The number of benzene rings is 2. The smallest absolute Gasteiger partial charge is 0.320 e. The minimum absolute atomic E-state index is 0.141. The molecule has 0 aromatic heterocycles. The van der Waals surface area contributed by atoms with Gasteiger partial charge in [-0.05, 0) is 43.7 Å². The van der Waals surface area contributed by atoms with Crippen LogP contribution in [0.4, 0.5) is 14.9 Å². The quantitative estimate of drug-likeness (QED) is 0.859. The maximum atomic E-state index is 13.5. The second kappa shape index (κ2) is 6.14. The summed E-state index contributed by atoms with van der Waals surface area (Å²) in [5, 5.41) is 5.93. The van der Waals surface area contributed by atoms with Gasteiger partial charge in [0.05, 0.1) is 11.2 Å². The summed E-state index contributed by atoms with van der Waals surface area (Å²) >= 11 is 5.85. The topological polar surface area (TPSA) is 41.1 Å². The molecule has 0 fully saturated rings. The van der Waals surface area contributed by atoms with E-state index in [0.29, 0.717) is 5.02 Å². The Hall–Kier alpha value is -2.07. The average Bonchev–Trinajstić information content (AvgIpc) is 2.41. The third-order valence-electron chi connectivity index (χ3n) is 3.11. The van der Waals surface area contributed by atoms with Gasteiger partial charge in [-0.15, -0.1) is 0 Å². The molecule has 0 heterocycles. The summed E-state index contributed by atoms with van der Waals surface area (Å²) in [6.45, 7) is 3.72. The minimum Gasteiger partial charge on any atom is -0.329 e. The fourth-order valence-corrected chi connectivity index (χ4v) is 2.06. The number of hydrogen-bond acceptors (Lipinski definition) is 1. The van der Waals surface area contributed by atoms with Crippen LogP contribution in [0.15, 0.2) is 48.5 Å². The van der Waals surface area contributed by atoms with Crippen molar-refractivity contribution in [2.24, 2.45) is 0 Å². The highest BCUT2D eigenvalue weighted by molar-refractivity contribution is 6.30. The van der Waals surface area contributed by atoms with Crippen molar-refractivity contribution >= 4 is 23.3 Å². The lowest BCUT2D eigenvalue weighted by Crippen LogP contribution is -2.43. The third-order valence-corrected chi connectivity index (χ3v) is 3.37. The second-order valence-corrected chi connectivity index (χ2v) is 5.63. The summed E-state index contributed by atoms with van der Waals surface area (Å²) in [6, 6.07) is 12.7. The van der Waals surface area contributed by atoms with Gasteiger partial charge in [-0.1, -0.05) is 35.9 Å². The standard InChI is InChI=1S/C16H16ClFN2O/c1-16(2,11-7-9-12(17)10-8-11)20-15(21)19-14-6-4-3-5-13(14)18/h3-10H,1-2H3,(H2,19,20,21). The number of rotatable bonds is 3. The molecule has 0 aliphatic heterocycles. The summed E-state index contributed by atoms with van der Waals surface area (Å²) in [5.74, 6) is -0.475. The normalized spacial score (nSPS) is 11.0. The molecule has 2 amide bonds. The van der Waals surface area contributed by atoms with E-state index in [1.807, 2.05) is 26.0 Å². The van der Waals surface area contributed by atoms with Gasteiger partial charge < -0.3 is 10.6 Å². The first-order valence-electron chi connectivity index (χ1n) is 6.48. The Morgan fingerprint density at radius 3 is 2.33 bits per heavy atom. The number of carbonyl (C=O) groups is 1. The highest BCUT2D eigenvalue weighted by Gasteiger charge is 2.23. The molecule has 0 bridgehead atoms. The van der Waals surface area contributed by atoms with Gasteiger partial charge in [0.15, 0.2) is 0 Å². The fourth-order valence-electron chi connectivity index (χ4n) is 1.94. The van der Waals surface area contributed by atoms with Gasteiger partial charge in [-0.25, -0.2) is 9.18 Å². The molecular weight excluding hydrogens is 291 g/mol. The molecule has 21 heavy (non-hydrogen) atoms. The SMILES string of the molecule is CC(C)(NC(=O)Nc1ccccc1F)c1ccc(Cl)cc1. The van der Waals surface area contributed by atoms with Gasteiger partial charge in [0.2, 0.25) is 0 Å². The number of urea groups is 1. The van der Waals surface area contributed by atoms with Crippen molar-refractivity contribution in [3.05, 3.63) is 64.9 Å². The lowest BCUT2D eigenvalue weighted by molar-refractivity contribution is 0.241. The van der Waals surface area contributed by atoms with Crippen LogP contribution < -0.4 is 10.6 Å². The van der Waals surface area contributed by atoms with Crippen LogP contribution in [0.2, 0.25) is 5.02 Å². The molecule has 110 valence electrons. The van der Waals surface area contributed by atoms with E-state index in [2.05, 4.69) is 10.6 Å². The molecule has 0 atom stereocenters. The highest BCUT2D eigenvalue weighted by Crippen LogP contribution is 2.22. The van der Waals surface area contributed by atoms with E-state index in [1.165, 1.54) is 12.1 Å². The van der Waals surface area contributed by atoms with Gasteiger partial charge in [-0.2, -0.15) is 0 Å². The van der Waals surface area contributed by atoms with Crippen LogP contribution in [0.5, 0.6) is 0 Å². The molecule has 2 aromatic carbocycles. The van der Waals surface area contributed by atoms with Crippen LogP contribution in [0.1, 0.15) is 19.4 Å². The fraction of sp³-hybridized carbons (Fsp3) is 0.188. The molecule has 0 saturated carbocycles. The van der Waals surface area contributed by atoms with E-state index in [-0.39, 0.29) is 5.69 Å². The maximum absolute atomic E-state index is 13.5. The number of nitrogens with one attached hydrogen (secondary N) is 2. The van der Waals surface area contributed by atoms with Crippen molar-refractivity contribution in [3.63, 3.8) is 0 Å². The van der Waals surface area contributed by atoms with Crippen LogP contribution in [-0.4, -0.2) is 6.03 Å². The first kappa shape index (κ1) is 15.3. The molecule has 0 spiro atoms. The Labute approximate surface area is 128 Å². The van der Waals surface area contributed by atoms with E-state index in [9.17, 15) is 9.18 Å². The number of carbonyl (C=O) groups excluding carboxylic acids is 1. The zero-order valence-corrected chi connectivity index (χ0v) is 12.5. The molecule has 0 saturated heterocycles. The lowest BCUT2D eigenvalue weighted by atomic mass is 9.94. The molecule has 2 N–H and O–H groups in total. The lowest BCUT2D eigenvalue weighted by Gasteiger charge is -2.27. The second-order valence-electron chi connectivity index (χ2n) is 5.19. The number of hydrogen-bond donors (Lipinski definition) is 2. The van der Waals surface area contributed by atoms with Crippen molar-refractivity contribution in [2.45, 2.75) is 19.4 Å². The van der Waals surface area contributed by atoms with Gasteiger partial charge in [0.25, 0.3) is 0 Å². The summed E-state index contributed by atoms with van der Waals surface area (Å²) in [6.07, 6.45) is 0. The molecule has 3 nitrogen and oxygen atoms in total. The van der Waals surface area contributed by atoms with Gasteiger partial charge in [0.1, 0.15) is 5.82 Å². The maximum Gasteiger partial charge on any atom is 0.320 e. The molecule has 2 rings (SSSR count). The predicted octanol–water partition coefficient (Wildman–Crippen LogP) is 4.54. The average molecular weight is 307 g/mol. The summed E-state index contributed by atoms with van der Waals surface area (Å²) in [4.78, 5) is 12.0. The molecule has 2 aromatic rings. The van der Waals surface area contributed by atoms with Crippen LogP contribution in [-0.2, 0) is 5.54 Å². The van der Waals surface area contributed by atoms with Crippen molar-refractivity contribution < 1.29 is 9.18 Å². The summed E-state index contributed by atoms with van der Waals surface area (Å²) < 4.78 is 13.5. The van der Waals surface area contributed by atoms with Crippen LogP contribution >= 0.6 is 11.6 Å². The monoisotopic (exact) mass is 306 g/mol. The van der Waals surface area contributed by atoms with Crippen LogP contribution in [0.25, 0.3) is 0 Å². The zero-order valence-electron chi connectivity index (χ0n) is 11.8. The molecule has 0 aliphatic carbocycles. The van der Waals surface area contributed by atoms with Crippen LogP contribution in [0.3, 0.4) is 0 Å². The van der Waals surface area contributed by atoms with Crippen molar-refractivity contribution in [3.8, 4) is 0 Å². The van der Waals surface area contributed by atoms with Crippen molar-refractivity contribution in [1.29, 1.82) is 0 Å². The van der Waals surface area contributed by atoms with Gasteiger partial charge >= 0.3 is 6.03 Å². The van der Waals surface area contributed by atoms with E-state index >= 15 is 0 Å². The summed E-state index contributed by atoms with van der Waals surface area (Å²) in [5.41, 5.74) is 0.428. The largest absolute Gasteiger partial charge is 0.329 e. The molecular formula is C16H16ClFN2O. The molecule has 5 heteroatoms. The first-order chi connectivity index (χ1) is 9.88. The zero-order chi connectivity index (χ0) is 15.5. The Kier molecular flexibility index (Phi) is 4.48. The third kappa shape index (κ3) is 3.95. The molecule has 0 radical (unpaired) electrons. The van der Waals surface area contributed by atoms with E-state index in [1.54, 1.807) is 24.3 Å². The van der Waals surface area contributed by atoms with Crippen LogP contribution in [0, 0.1) is 5.82 Å². The van der Waals surface area contributed by atoms with Crippen molar-refractivity contribution in [2.75, 3.05) is 5.32 Å². The first-order valence-corrected chi connectivity index (χ1v) is 6.86. The number of halogens is 2.